The minimum absolute atomic E-state index is 0.0996. The number of nitrogens with zero attached hydrogens (tertiary/aromatic N) is 1. The van der Waals surface area contributed by atoms with Gasteiger partial charge in [-0.3, -0.25) is 4.98 Å². The lowest BCUT2D eigenvalue weighted by atomic mass is 9.66. The summed E-state index contributed by atoms with van der Waals surface area (Å²) < 4.78 is 58.5. The highest BCUT2D eigenvalue weighted by Crippen LogP contribution is 2.50. The van der Waals surface area contributed by atoms with Gasteiger partial charge in [0.1, 0.15) is 5.82 Å². The number of nitrogens with one attached hydrogen (secondary N) is 1. The molecule has 31 heavy (non-hydrogen) atoms. The van der Waals surface area contributed by atoms with Gasteiger partial charge in [0.25, 0.3) is 0 Å². The van der Waals surface area contributed by atoms with Crippen LogP contribution in [-0.4, -0.2) is 23.7 Å². The quantitative estimate of drug-likeness (QED) is 0.460. The van der Waals surface area contributed by atoms with Crippen LogP contribution in [0.15, 0.2) is 42.7 Å². The molecule has 1 saturated heterocycles. The Morgan fingerprint density at radius 3 is 2.48 bits per heavy atom. The van der Waals surface area contributed by atoms with Crippen molar-refractivity contribution in [3.05, 3.63) is 65.2 Å². The lowest BCUT2D eigenvalue weighted by Crippen LogP contribution is -2.47. The van der Waals surface area contributed by atoms with E-state index in [0.717, 1.165) is 49.9 Å². The molecule has 1 aromatic carbocycles. The summed E-state index contributed by atoms with van der Waals surface area (Å²) >= 11 is 0. The number of pyridine rings is 1. The predicted octanol–water partition coefficient (Wildman–Crippen LogP) is 5.78. The summed E-state index contributed by atoms with van der Waals surface area (Å²) in [5.41, 5.74) is 0.658. The molecule has 1 spiro atoms. The summed E-state index contributed by atoms with van der Waals surface area (Å²) in [5, 5.41) is 3.29. The third kappa shape index (κ3) is 5.09. The standard InChI is InChI=1S/C24H28F4N2O/c25-21-5-3-19(4-6-21)22(10-12-31-23(17-22)7-1-2-8-23)9-11-29-14-18-13-20(16-30-15-18)24(26,27)28/h3-6,13,15-16,29H,1-2,7-12,14,17H2/t22-/m0/s1. The Morgan fingerprint density at radius 1 is 1.03 bits per heavy atom. The van der Waals surface area contributed by atoms with Crippen molar-refractivity contribution < 1.29 is 22.3 Å². The van der Waals surface area contributed by atoms with Crippen molar-refractivity contribution in [2.45, 2.75) is 68.7 Å². The predicted molar refractivity (Wildman–Crippen MR) is 110 cm³/mol. The Morgan fingerprint density at radius 2 is 1.77 bits per heavy atom. The maximum atomic E-state index is 13.6. The number of hydrogen-bond acceptors (Lipinski definition) is 3. The largest absolute Gasteiger partial charge is 0.417 e. The summed E-state index contributed by atoms with van der Waals surface area (Å²) in [6.07, 6.45) is 4.92. The molecule has 2 fully saturated rings. The van der Waals surface area contributed by atoms with Crippen LogP contribution in [0, 0.1) is 5.82 Å². The van der Waals surface area contributed by atoms with Gasteiger partial charge in [0.05, 0.1) is 11.2 Å². The molecule has 2 heterocycles. The van der Waals surface area contributed by atoms with Crippen LogP contribution < -0.4 is 5.32 Å². The van der Waals surface area contributed by atoms with Gasteiger partial charge >= 0.3 is 6.18 Å². The van der Waals surface area contributed by atoms with Gasteiger partial charge in [0, 0.05) is 31.0 Å². The van der Waals surface area contributed by atoms with E-state index in [9.17, 15) is 17.6 Å². The first-order valence-electron chi connectivity index (χ1n) is 10.9. The average molecular weight is 436 g/mol. The number of alkyl halides is 3. The lowest BCUT2D eigenvalue weighted by Gasteiger charge is -2.47. The van der Waals surface area contributed by atoms with Crippen molar-refractivity contribution >= 4 is 0 Å². The smallest absolute Gasteiger partial charge is 0.375 e. The minimum Gasteiger partial charge on any atom is -0.375 e. The maximum Gasteiger partial charge on any atom is 0.417 e. The third-order valence-corrected chi connectivity index (χ3v) is 6.85. The van der Waals surface area contributed by atoms with E-state index in [2.05, 4.69) is 10.3 Å². The van der Waals surface area contributed by atoms with Crippen molar-refractivity contribution in [1.29, 1.82) is 0 Å². The first-order valence-corrected chi connectivity index (χ1v) is 10.9. The molecule has 1 aliphatic heterocycles. The fourth-order valence-electron chi connectivity index (χ4n) is 5.27. The average Bonchev–Trinajstić information content (AvgIpc) is 3.18. The van der Waals surface area contributed by atoms with Crippen LogP contribution in [0.25, 0.3) is 0 Å². The molecular formula is C24H28F4N2O. The van der Waals surface area contributed by atoms with Crippen LogP contribution in [0.2, 0.25) is 0 Å². The Balaban J connectivity index is 1.45. The molecule has 1 saturated carbocycles. The molecule has 1 aliphatic carbocycles. The fourth-order valence-corrected chi connectivity index (χ4v) is 5.27. The van der Waals surface area contributed by atoms with Crippen molar-refractivity contribution in [3.8, 4) is 0 Å². The monoisotopic (exact) mass is 436 g/mol. The molecule has 2 aliphatic rings. The lowest BCUT2D eigenvalue weighted by molar-refractivity contribution is -0.137. The topological polar surface area (TPSA) is 34.2 Å². The molecule has 168 valence electrons. The second-order valence-electron chi connectivity index (χ2n) is 8.96. The van der Waals surface area contributed by atoms with Gasteiger partial charge in [0.15, 0.2) is 0 Å². The van der Waals surface area contributed by atoms with Gasteiger partial charge in [-0.15, -0.1) is 0 Å². The molecule has 7 heteroatoms. The highest BCUT2D eigenvalue weighted by molar-refractivity contribution is 5.28. The van der Waals surface area contributed by atoms with E-state index >= 15 is 0 Å². The molecule has 0 unspecified atom stereocenters. The Kier molecular flexibility index (Phi) is 6.35. The summed E-state index contributed by atoms with van der Waals surface area (Å²) in [5.74, 6) is -0.253. The van der Waals surface area contributed by atoms with E-state index < -0.39 is 11.7 Å². The number of rotatable bonds is 6. The zero-order valence-corrected chi connectivity index (χ0v) is 17.5. The molecule has 0 radical (unpaired) electrons. The minimum atomic E-state index is -4.40. The van der Waals surface area contributed by atoms with Gasteiger partial charge in [-0.2, -0.15) is 13.2 Å². The van der Waals surface area contributed by atoms with Crippen LogP contribution in [0.3, 0.4) is 0 Å². The van der Waals surface area contributed by atoms with E-state index in [-0.39, 0.29) is 16.8 Å². The Labute approximate surface area is 180 Å². The third-order valence-electron chi connectivity index (χ3n) is 6.85. The van der Waals surface area contributed by atoms with Crippen LogP contribution in [-0.2, 0) is 22.9 Å². The van der Waals surface area contributed by atoms with Gasteiger partial charge < -0.3 is 10.1 Å². The summed E-state index contributed by atoms with van der Waals surface area (Å²) in [4.78, 5) is 3.73. The fraction of sp³-hybridized carbons (Fsp3) is 0.542. The first kappa shape index (κ1) is 22.2. The number of benzene rings is 1. The number of hydrogen-bond donors (Lipinski definition) is 1. The summed E-state index contributed by atoms with van der Waals surface area (Å²) in [7, 11) is 0. The molecule has 2 aromatic rings. The molecule has 4 rings (SSSR count). The Bertz CT molecular complexity index is 878. The van der Waals surface area contributed by atoms with Crippen molar-refractivity contribution in [2.75, 3.05) is 13.2 Å². The SMILES string of the molecule is Fc1ccc([C@@]2(CCNCc3cncc(C(F)(F)F)c3)CCOC3(CCCC3)C2)cc1. The number of halogens is 4. The van der Waals surface area contributed by atoms with E-state index in [4.69, 9.17) is 4.74 Å². The van der Waals surface area contributed by atoms with E-state index in [0.29, 0.717) is 25.3 Å². The van der Waals surface area contributed by atoms with Crippen molar-refractivity contribution in [3.63, 3.8) is 0 Å². The molecule has 1 N–H and O–H groups in total. The van der Waals surface area contributed by atoms with Gasteiger partial charge in [-0.1, -0.05) is 25.0 Å². The van der Waals surface area contributed by atoms with E-state index in [1.165, 1.54) is 31.2 Å². The number of ether oxygens (including phenoxy) is 1. The van der Waals surface area contributed by atoms with E-state index in [1.807, 2.05) is 12.1 Å². The molecular weight excluding hydrogens is 408 g/mol. The van der Waals surface area contributed by atoms with Crippen LogP contribution in [0.1, 0.15) is 61.6 Å². The number of aromatic nitrogens is 1. The van der Waals surface area contributed by atoms with E-state index in [1.54, 1.807) is 0 Å². The van der Waals surface area contributed by atoms with Crippen molar-refractivity contribution in [2.24, 2.45) is 0 Å². The van der Waals surface area contributed by atoms with Crippen LogP contribution >= 0.6 is 0 Å². The molecule has 0 bridgehead atoms. The second kappa shape index (κ2) is 8.87. The van der Waals surface area contributed by atoms with Gasteiger partial charge in [-0.25, -0.2) is 4.39 Å². The molecule has 0 amide bonds. The van der Waals surface area contributed by atoms with Crippen molar-refractivity contribution in [1.82, 2.24) is 10.3 Å². The summed E-state index contributed by atoms with van der Waals surface area (Å²) in [6, 6.07) is 7.91. The van der Waals surface area contributed by atoms with Crippen LogP contribution in [0.4, 0.5) is 17.6 Å². The second-order valence-corrected chi connectivity index (χ2v) is 8.96. The first-order chi connectivity index (χ1) is 14.8. The van der Waals surface area contributed by atoms with Gasteiger partial charge in [0.2, 0.25) is 0 Å². The maximum absolute atomic E-state index is 13.6. The Hall–Kier alpha value is -1.99. The molecule has 3 nitrogen and oxygen atoms in total. The van der Waals surface area contributed by atoms with Gasteiger partial charge in [-0.05, 0) is 68.0 Å². The normalized spacial score (nSPS) is 23.4. The molecule has 1 aromatic heterocycles. The zero-order valence-electron chi connectivity index (χ0n) is 17.5. The van der Waals surface area contributed by atoms with Crippen LogP contribution in [0.5, 0.6) is 0 Å². The zero-order chi connectivity index (χ0) is 22.0. The molecule has 1 atom stereocenters. The highest BCUT2D eigenvalue weighted by atomic mass is 19.4. The highest BCUT2D eigenvalue weighted by Gasteiger charge is 2.47. The summed E-state index contributed by atoms with van der Waals surface area (Å²) in [6.45, 7) is 1.64.